The Morgan fingerprint density at radius 2 is 1.72 bits per heavy atom. The van der Waals surface area contributed by atoms with Gasteiger partial charge in [-0.1, -0.05) is 30.3 Å². The van der Waals surface area contributed by atoms with E-state index in [9.17, 15) is 14.4 Å². The normalized spacial score (nSPS) is 16.1. The molecule has 126 valence electrons. The zero-order chi connectivity index (χ0) is 17.6. The number of rotatable bonds is 4. The second kappa shape index (κ2) is 5.84. The van der Waals surface area contributed by atoms with Gasteiger partial charge in [-0.15, -0.1) is 0 Å². The van der Waals surface area contributed by atoms with Crippen LogP contribution in [-0.4, -0.2) is 40.6 Å². The highest BCUT2D eigenvalue weighted by molar-refractivity contribution is 6.21. The molecule has 2 aromatic carbocycles. The van der Waals surface area contributed by atoms with Gasteiger partial charge in [0, 0.05) is 25.2 Å². The number of carbonyl (C=O) groups is 3. The van der Waals surface area contributed by atoms with E-state index >= 15 is 0 Å². The number of fused-ring (bicyclic) bond motifs is 1. The third-order valence-corrected chi connectivity index (χ3v) is 4.78. The van der Waals surface area contributed by atoms with E-state index in [1.165, 1.54) is 7.05 Å². The molecule has 0 atom stereocenters. The first-order chi connectivity index (χ1) is 12.1. The van der Waals surface area contributed by atoms with E-state index in [1.807, 2.05) is 35.2 Å². The van der Waals surface area contributed by atoms with Gasteiger partial charge in [-0.3, -0.25) is 19.3 Å². The van der Waals surface area contributed by atoms with Crippen molar-refractivity contribution in [3.63, 3.8) is 0 Å². The zero-order valence-electron chi connectivity index (χ0n) is 13.9. The SMILES string of the molecule is CN1C(=O)c2ccc(C(=O)N(Cc3ccccc3)C3CC3)cc2C1=O. The van der Waals surface area contributed by atoms with Gasteiger partial charge in [0.2, 0.25) is 0 Å². The summed E-state index contributed by atoms with van der Waals surface area (Å²) in [5, 5.41) is 0. The summed E-state index contributed by atoms with van der Waals surface area (Å²) >= 11 is 0. The molecule has 0 spiro atoms. The molecule has 0 saturated heterocycles. The minimum atomic E-state index is -0.351. The van der Waals surface area contributed by atoms with E-state index < -0.39 is 0 Å². The highest BCUT2D eigenvalue weighted by Crippen LogP contribution is 2.31. The molecule has 4 rings (SSSR count). The lowest BCUT2D eigenvalue weighted by Crippen LogP contribution is -2.32. The monoisotopic (exact) mass is 334 g/mol. The summed E-state index contributed by atoms with van der Waals surface area (Å²) in [5.41, 5.74) is 2.21. The maximum absolute atomic E-state index is 13.0. The van der Waals surface area contributed by atoms with Crippen LogP contribution in [0.3, 0.4) is 0 Å². The molecule has 1 fully saturated rings. The molecule has 0 radical (unpaired) electrons. The number of imide groups is 1. The predicted molar refractivity (Wildman–Crippen MR) is 92.2 cm³/mol. The minimum absolute atomic E-state index is 0.0936. The van der Waals surface area contributed by atoms with Gasteiger partial charge in [0.1, 0.15) is 0 Å². The fourth-order valence-electron chi connectivity index (χ4n) is 3.19. The van der Waals surface area contributed by atoms with E-state index in [-0.39, 0.29) is 23.8 Å². The highest BCUT2D eigenvalue weighted by atomic mass is 16.2. The van der Waals surface area contributed by atoms with Crippen LogP contribution in [0.1, 0.15) is 49.5 Å². The summed E-state index contributed by atoms with van der Waals surface area (Å²) in [5.74, 6) is -0.762. The maximum atomic E-state index is 13.0. The van der Waals surface area contributed by atoms with Crippen molar-refractivity contribution in [1.29, 1.82) is 0 Å². The minimum Gasteiger partial charge on any atom is -0.331 e. The topological polar surface area (TPSA) is 57.7 Å². The smallest absolute Gasteiger partial charge is 0.261 e. The molecule has 0 bridgehead atoms. The van der Waals surface area contributed by atoms with Crippen LogP contribution in [0.2, 0.25) is 0 Å². The number of hydrogen-bond acceptors (Lipinski definition) is 3. The first-order valence-electron chi connectivity index (χ1n) is 8.37. The summed E-state index contributed by atoms with van der Waals surface area (Å²) in [7, 11) is 1.46. The highest BCUT2D eigenvalue weighted by Gasteiger charge is 2.36. The van der Waals surface area contributed by atoms with Gasteiger partial charge >= 0.3 is 0 Å². The Hall–Kier alpha value is -2.95. The molecule has 1 aliphatic heterocycles. The molecular weight excluding hydrogens is 316 g/mol. The van der Waals surface area contributed by atoms with Crippen LogP contribution in [-0.2, 0) is 6.54 Å². The van der Waals surface area contributed by atoms with Gasteiger partial charge in [-0.2, -0.15) is 0 Å². The molecule has 3 amide bonds. The van der Waals surface area contributed by atoms with Gasteiger partial charge < -0.3 is 4.90 Å². The van der Waals surface area contributed by atoms with Gasteiger partial charge in [0.15, 0.2) is 0 Å². The van der Waals surface area contributed by atoms with Crippen molar-refractivity contribution in [2.24, 2.45) is 0 Å². The standard InChI is InChI=1S/C20H18N2O3/c1-21-19(24)16-10-7-14(11-17(16)20(21)25)18(23)22(15-8-9-15)12-13-5-3-2-4-6-13/h2-7,10-11,15H,8-9,12H2,1H3. The molecular formula is C20H18N2O3. The predicted octanol–water partition coefficient (Wildman–Crippen LogP) is 2.72. The van der Waals surface area contributed by atoms with Crippen molar-refractivity contribution in [2.45, 2.75) is 25.4 Å². The Labute approximate surface area is 145 Å². The number of nitrogens with zero attached hydrogens (tertiary/aromatic N) is 2. The Morgan fingerprint density at radius 1 is 1.04 bits per heavy atom. The van der Waals surface area contributed by atoms with E-state index in [2.05, 4.69) is 0 Å². The van der Waals surface area contributed by atoms with Gasteiger partial charge in [-0.05, 0) is 36.6 Å². The Kier molecular flexibility index (Phi) is 3.64. The van der Waals surface area contributed by atoms with Crippen molar-refractivity contribution in [3.8, 4) is 0 Å². The van der Waals surface area contributed by atoms with Gasteiger partial charge in [0.25, 0.3) is 17.7 Å². The summed E-state index contributed by atoms with van der Waals surface area (Å²) in [6.45, 7) is 0.550. The quantitative estimate of drug-likeness (QED) is 0.808. The average molecular weight is 334 g/mol. The average Bonchev–Trinajstić information content (AvgIpc) is 3.46. The van der Waals surface area contributed by atoms with Crippen molar-refractivity contribution in [3.05, 3.63) is 70.8 Å². The summed E-state index contributed by atoms with van der Waals surface area (Å²) in [4.78, 5) is 40.1. The lowest BCUT2D eigenvalue weighted by molar-refractivity contribution is 0.0691. The van der Waals surface area contributed by atoms with Crippen molar-refractivity contribution in [2.75, 3.05) is 7.05 Å². The third-order valence-electron chi connectivity index (χ3n) is 4.78. The first-order valence-corrected chi connectivity index (χ1v) is 8.37. The first kappa shape index (κ1) is 15.6. The molecule has 1 aliphatic carbocycles. The Balaban J connectivity index is 1.63. The van der Waals surface area contributed by atoms with Crippen molar-refractivity contribution >= 4 is 17.7 Å². The van der Waals surface area contributed by atoms with Crippen LogP contribution in [0.4, 0.5) is 0 Å². The molecule has 2 aromatic rings. The lowest BCUT2D eigenvalue weighted by atomic mass is 10.0. The van der Waals surface area contributed by atoms with Crippen LogP contribution >= 0.6 is 0 Å². The lowest BCUT2D eigenvalue weighted by Gasteiger charge is -2.23. The summed E-state index contributed by atoms with van der Waals surface area (Å²) < 4.78 is 0. The molecule has 1 heterocycles. The summed E-state index contributed by atoms with van der Waals surface area (Å²) in [6.07, 6.45) is 2.01. The maximum Gasteiger partial charge on any atom is 0.261 e. The largest absolute Gasteiger partial charge is 0.331 e. The molecule has 25 heavy (non-hydrogen) atoms. The van der Waals surface area contributed by atoms with Crippen LogP contribution < -0.4 is 0 Å². The van der Waals surface area contributed by atoms with Crippen molar-refractivity contribution in [1.82, 2.24) is 9.80 Å². The van der Waals surface area contributed by atoms with Crippen LogP contribution in [0.5, 0.6) is 0 Å². The number of carbonyl (C=O) groups excluding carboxylic acids is 3. The number of hydrogen-bond donors (Lipinski definition) is 0. The fourth-order valence-corrected chi connectivity index (χ4v) is 3.19. The van der Waals surface area contributed by atoms with E-state index in [4.69, 9.17) is 0 Å². The number of benzene rings is 2. The fraction of sp³-hybridized carbons (Fsp3) is 0.250. The Bertz CT molecular complexity index is 872. The molecule has 1 saturated carbocycles. The number of amides is 3. The molecule has 5 nitrogen and oxygen atoms in total. The summed E-state index contributed by atoms with van der Waals surface area (Å²) in [6, 6.07) is 14.9. The molecule has 0 unspecified atom stereocenters. The van der Waals surface area contributed by atoms with E-state index in [0.717, 1.165) is 23.3 Å². The second-order valence-corrected chi connectivity index (χ2v) is 6.58. The van der Waals surface area contributed by atoms with Crippen LogP contribution in [0.15, 0.2) is 48.5 Å². The molecule has 0 N–H and O–H groups in total. The van der Waals surface area contributed by atoms with Crippen molar-refractivity contribution < 1.29 is 14.4 Å². The zero-order valence-corrected chi connectivity index (χ0v) is 13.9. The molecule has 2 aliphatic rings. The van der Waals surface area contributed by atoms with E-state index in [0.29, 0.717) is 23.2 Å². The van der Waals surface area contributed by atoms with E-state index in [1.54, 1.807) is 18.2 Å². The molecule has 0 aromatic heterocycles. The van der Waals surface area contributed by atoms with Crippen LogP contribution in [0, 0.1) is 0 Å². The third kappa shape index (κ3) is 2.71. The van der Waals surface area contributed by atoms with Gasteiger partial charge in [-0.25, -0.2) is 0 Å². The molecule has 5 heteroatoms. The van der Waals surface area contributed by atoms with Gasteiger partial charge in [0.05, 0.1) is 11.1 Å². The Morgan fingerprint density at radius 3 is 2.40 bits per heavy atom. The second-order valence-electron chi connectivity index (χ2n) is 6.58. The van der Waals surface area contributed by atoms with Crippen LogP contribution in [0.25, 0.3) is 0 Å².